The predicted molar refractivity (Wildman–Crippen MR) is 66.9 cm³/mol. The Labute approximate surface area is 100 Å². The van der Waals surface area contributed by atoms with E-state index >= 15 is 0 Å². The van der Waals surface area contributed by atoms with Crippen LogP contribution in [0.4, 0.5) is 0 Å². The lowest BCUT2D eigenvalue weighted by Gasteiger charge is -2.27. The molecule has 1 aliphatic rings. The molecule has 0 aliphatic carbocycles. The highest BCUT2D eigenvalue weighted by Crippen LogP contribution is 2.14. The Kier molecular flexibility index (Phi) is 3.96. The van der Waals surface area contributed by atoms with Gasteiger partial charge in [-0.2, -0.15) is 11.3 Å². The molecule has 1 N–H and O–H groups in total. The summed E-state index contributed by atoms with van der Waals surface area (Å²) in [6, 6.07) is 1.89. The lowest BCUT2D eigenvalue weighted by atomic mass is 9.99. The fraction of sp³-hybridized carbons (Fsp3) is 0.583. The predicted octanol–water partition coefficient (Wildman–Crippen LogP) is 1.82. The van der Waals surface area contributed by atoms with Crippen molar-refractivity contribution in [3.8, 4) is 0 Å². The number of amides is 1. The van der Waals surface area contributed by atoms with Crippen LogP contribution in [-0.4, -0.2) is 37.5 Å². The average molecular weight is 238 g/mol. The van der Waals surface area contributed by atoms with Gasteiger partial charge in [0.25, 0.3) is 5.91 Å². The standard InChI is InChI=1S/C12H18N2OS/c1-14(8-10-3-2-5-13-7-10)12(15)11-4-6-16-9-11/h4,6,9-10,13H,2-3,5,7-8H2,1H3/t10-/m0/s1. The summed E-state index contributed by atoms with van der Waals surface area (Å²) in [5.41, 5.74) is 0.816. The number of carbonyl (C=O) groups excluding carboxylic acids is 1. The van der Waals surface area contributed by atoms with Gasteiger partial charge in [-0.05, 0) is 43.3 Å². The summed E-state index contributed by atoms with van der Waals surface area (Å²) in [5, 5.41) is 7.24. The molecule has 0 bridgehead atoms. The van der Waals surface area contributed by atoms with Crippen LogP contribution in [0.15, 0.2) is 16.8 Å². The number of piperidine rings is 1. The topological polar surface area (TPSA) is 32.3 Å². The van der Waals surface area contributed by atoms with Gasteiger partial charge in [-0.15, -0.1) is 0 Å². The summed E-state index contributed by atoms with van der Waals surface area (Å²) in [5.74, 6) is 0.758. The monoisotopic (exact) mass is 238 g/mol. The summed E-state index contributed by atoms with van der Waals surface area (Å²) in [7, 11) is 1.90. The van der Waals surface area contributed by atoms with Crippen molar-refractivity contribution in [3.63, 3.8) is 0 Å². The van der Waals surface area contributed by atoms with Crippen molar-refractivity contribution in [1.29, 1.82) is 0 Å². The van der Waals surface area contributed by atoms with Crippen LogP contribution in [0.3, 0.4) is 0 Å². The molecule has 2 heterocycles. The van der Waals surface area contributed by atoms with E-state index in [9.17, 15) is 4.79 Å². The average Bonchev–Trinajstić information content (AvgIpc) is 2.83. The highest BCUT2D eigenvalue weighted by Gasteiger charge is 2.18. The van der Waals surface area contributed by atoms with Crippen LogP contribution in [0.2, 0.25) is 0 Å². The van der Waals surface area contributed by atoms with E-state index in [0.29, 0.717) is 5.92 Å². The third-order valence-electron chi connectivity index (χ3n) is 3.05. The quantitative estimate of drug-likeness (QED) is 0.871. The van der Waals surface area contributed by atoms with Gasteiger partial charge in [0.05, 0.1) is 5.56 Å². The molecule has 3 nitrogen and oxygen atoms in total. The molecule has 0 saturated carbocycles. The van der Waals surface area contributed by atoms with E-state index in [1.54, 1.807) is 11.3 Å². The van der Waals surface area contributed by atoms with Gasteiger partial charge in [-0.1, -0.05) is 0 Å². The molecule has 1 aromatic heterocycles. The van der Waals surface area contributed by atoms with Gasteiger partial charge < -0.3 is 10.2 Å². The Morgan fingerprint density at radius 1 is 1.69 bits per heavy atom. The summed E-state index contributed by atoms with van der Waals surface area (Å²) < 4.78 is 0. The van der Waals surface area contributed by atoms with Gasteiger partial charge in [0.15, 0.2) is 0 Å². The molecule has 0 spiro atoms. The number of thiophene rings is 1. The smallest absolute Gasteiger partial charge is 0.254 e. The van der Waals surface area contributed by atoms with E-state index in [1.165, 1.54) is 12.8 Å². The van der Waals surface area contributed by atoms with Gasteiger partial charge in [0.1, 0.15) is 0 Å². The number of nitrogens with zero attached hydrogens (tertiary/aromatic N) is 1. The maximum atomic E-state index is 12.0. The fourth-order valence-electron chi connectivity index (χ4n) is 2.16. The zero-order valence-electron chi connectivity index (χ0n) is 9.61. The van der Waals surface area contributed by atoms with Gasteiger partial charge >= 0.3 is 0 Å². The second-order valence-electron chi connectivity index (χ2n) is 4.41. The molecule has 0 aromatic carbocycles. The third-order valence-corrected chi connectivity index (χ3v) is 3.73. The van der Waals surface area contributed by atoms with Crippen molar-refractivity contribution < 1.29 is 4.79 Å². The molecule has 1 fully saturated rings. The van der Waals surface area contributed by atoms with Gasteiger partial charge in [-0.25, -0.2) is 0 Å². The summed E-state index contributed by atoms with van der Waals surface area (Å²) in [6.45, 7) is 3.03. The first-order valence-electron chi connectivity index (χ1n) is 5.76. The van der Waals surface area contributed by atoms with Crippen molar-refractivity contribution in [3.05, 3.63) is 22.4 Å². The van der Waals surface area contributed by atoms with E-state index in [0.717, 1.165) is 25.2 Å². The zero-order chi connectivity index (χ0) is 11.4. The van der Waals surface area contributed by atoms with E-state index in [2.05, 4.69) is 5.32 Å². The minimum absolute atomic E-state index is 0.145. The van der Waals surface area contributed by atoms with E-state index < -0.39 is 0 Å². The first-order chi connectivity index (χ1) is 7.77. The van der Waals surface area contributed by atoms with Gasteiger partial charge in [0.2, 0.25) is 0 Å². The molecule has 88 valence electrons. The second-order valence-corrected chi connectivity index (χ2v) is 5.19. The van der Waals surface area contributed by atoms with Crippen molar-refractivity contribution in [2.75, 3.05) is 26.7 Å². The Bertz CT molecular complexity index is 331. The van der Waals surface area contributed by atoms with Crippen molar-refractivity contribution in [2.45, 2.75) is 12.8 Å². The molecule has 1 aliphatic heterocycles. The first-order valence-corrected chi connectivity index (χ1v) is 6.70. The minimum Gasteiger partial charge on any atom is -0.341 e. The van der Waals surface area contributed by atoms with Crippen LogP contribution in [0.1, 0.15) is 23.2 Å². The van der Waals surface area contributed by atoms with Crippen LogP contribution in [0.5, 0.6) is 0 Å². The van der Waals surface area contributed by atoms with E-state index in [1.807, 2.05) is 28.8 Å². The Morgan fingerprint density at radius 2 is 2.56 bits per heavy atom. The zero-order valence-corrected chi connectivity index (χ0v) is 10.4. The Morgan fingerprint density at radius 3 is 3.19 bits per heavy atom. The molecule has 16 heavy (non-hydrogen) atoms. The van der Waals surface area contributed by atoms with Crippen molar-refractivity contribution >= 4 is 17.2 Å². The number of nitrogens with one attached hydrogen (secondary N) is 1. The lowest BCUT2D eigenvalue weighted by molar-refractivity contribution is 0.0765. The normalized spacial score (nSPS) is 20.7. The largest absolute Gasteiger partial charge is 0.341 e. The second kappa shape index (κ2) is 5.46. The first kappa shape index (κ1) is 11.6. The maximum absolute atomic E-state index is 12.0. The van der Waals surface area contributed by atoms with E-state index in [4.69, 9.17) is 0 Å². The molecule has 4 heteroatoms. The highest BCUT2D eigenvalue weighted by molar-refractivity contribution is 7.08. The highest BCUT2D eigenvalue weighted by atomic mass is 32.1. The van der Waals surface area contributed by atoms with Crippen molar-refractivity contribution in [1.82, 2.24) is 10.2 Å². The molecule has 1 aromatic rings. The fourth-order valence-corrected chi connectivity index (χ4v) is 2.79. The Balaban J connectivity index is 1.87. The molecule has 0 radical (unpaired) electrons. The molecular formula is C12H18N2OS. The van der Waals surface area contributed by atoms with Gasteiger partial charge in [0, 0.05) is 19.0 Å². The molecular weight excluding hydrogens is 220 g/mol. The van der Waals surface area contributed by atoms with Crippen LogP contribution in [-0.2, 0) is 0 Å². The minimum atomic E-state index is 0.145. The summed E-state index contributed by atoms with van der Waals surface area (Å²) in [6.07, 6.45) is 2.46. The Hall–Kier alpha value is -0.870. The summed E-state index contributed by atoms with van der Waals surface area (Å²) >= 11 is 1.57. The van der Waals surface area contributed by atoms with Crippen LogP contribution < -0.4 is 5.32 Å². The SMILES string of the molecule is CN(C[C@H]1CCCNC1)C(=O)c1ccsc1. The summed E-state index contributed by atoms with van der Waals surface area (Å²) in [4.78, 5) is 13.8. The molecule has 1 atom stereocenters. The van der Waals surface area contributed by atoms with Crippen LogP contribution >= 0.6 is 11.3 Å². The lowest BCUT2D eigenvalue weighted by Crippen LogP contribution is -2.39. The number of hydrogen-bond donors (Lipinski definition) is 1. The number of hydrogen-bond acceptors (Lipinski definition) is 3. The number of rotatable bonds is 3. The molecule has 2 rings (SSSR count). The molecule has 0 unspecified atom stereocenters. The van der Waals surface area contributed by atoms with Gasteiger partial charge in [-0.3, -0.25) is 4.79 Å². The van der Waals surface area contributed by atoms with E-state index in [-0.39, 0.29) is 5.91 Å². The van der Waals surface area contributed by atoms with Crippen molar-refractivity contribution in [2.24, 2.45) is 5.92 Å². The third kappa shape index (κ3) is 2.83. The maximum Gasteiger partial charge on any atom is 0.254 e. The number of carbonyl (C=O) groups is 1. The van der Waals surface area contributed by atoms with Crippen LogP contribution in [0, 0.1) is 5.92 Å². The van der Waals surface area contributed by atoms with Crippen LogP contribution in [0.25, 0.3) is 0 Å². The molecule has 1 saturated heterocycles. The molecule has 1 amide bonds.